The van der Waals surface area contributed by atoms with Crippen LogP contribution < -0.4 is 11.5 Å². The molecule has 224 valence electrons. The Morgan fingerprint density at radius 1 is 0.714 bits per heavy atom. The molecule has 0 heterocycles. The van der Waals surface area contributed by atoms with Crippen molar-refractivity contribution in [3.63, 3.8) is 0 Å². The summed E-state index contributed by atoms with van der Waals surface area (Å²) in [7, 11) is 7.96. The maximum atomic E-state index is 12.8. The fraction of sp³-hybridized carbons (Fsp3) is 0.514. The van der Waals surface area contributed by atoms with Gasteiger partial charge in [0.1, 0.15) is 13.2 Å². The summed E-state index contributed by atoms with van der Waals surface area (Å²) in [5, 5.41) is 0. The number of benzene rings is 2. The van der Waals surface area contributed by atoms with Gasteiger partial charge in [-0.15, -0.1) is 0 Å². The summed E-state index contributed by atoms with van der Waals surface area (Å²) in [4.78, 5) is 16.9. The van der Waals surface area contributed by atoms with E-state index in [2.05, 4.69) is 35.8 Å². The molecule has 0 saturated heterocycles. The van der Waals surface area contributed by atoms with Crippen molar-refractivity contribution in [1.29, 1.82) is 0 Å². The molecule has 0 spiro atoms. The zero-order valence-electron chi connectivity index (χ0n) is 25.7. The molecule has 0 aliphatic heterocycles. The molecule has 0 bridgehead atoms. The molecule has 42 heavy (non-hydrogen) atoms. The first kappa shape index (κ1) is 31.3. The number of hydrogen-bond acceptors (Lipinski definition) is 7. The SMILES string of the molecule is CN(C)CC#Cc1cc(C2CCCC2)c(COC(=O)OCc2cc(N)c(C#CCN(C)C)cc2C2CCCC2)cc1N. The maximum Gasteiger partial charge on any atom is 0.508 e. The Kier molecular flexibility index (Phi) is 11.2. The van der Waals surface area contributed by atoms with E-state index in [-0.39, 0.29) is 13.2 Å². The summed E-state index contributed by atoms with van der Waals surface area (Å²) in [6, 6.07) is 8.01. The minimum absolute atomic E-state index is 0.109. The Labute approximate surface area is 251 Å². The number of ether oxygens (including phenoxy) is 2. The van der Waals surface area contributed by atoms with Gasteiger partial charge in [-0.1, -0.05) is 49.4 Å². The summed E-state index contributed by atoms with van der Waals surface area (Å²) in [5.74, 6) is 13.6. The van der Waals surface area contributed by atoms with Gasteiger partial charge in [0.15, 0.2) is 0 Å². The van der Waals surface area contributed by atoms with Crippen LogP contribution in [0.5, 0.6) is 0 Å². The van der Waals surface area contributed by atoms with Crippen LogP contribution in [0.1, 0.15) is 96.6 Å². The van der Waals surface area contributed by atoms with E-state index in [1.54, 1.807) is 0 Å². The first-order valence-electron chi connectivity index (χ1n) is 15.1. The van der Waals surface area contributed by atoms with Crippen LogP contribution in [0.4, 0.5) is 16.2 Å². The van der Waals surface area contributed by atoms with Gasteiger partial charge in [0, 0.05) is 22.5 Å². The number of rotatable bonds is 8. The first-order chi connectivity index (χ1) is 20.2. The average Bonchev–Trinajstić information content (AvgIpc) is 3.67. The minimum atomic E-state index is -0.702. The van der Waals surface area contributed by atoms with Gasteiger partial charge in [0.05, 0.1) is 13.1 Å². The number of carbonyl (C=O) groups is 1. The van der Waals surface area contributed by atoms with Crippen LogP contribution in [-0.2, 0) is 22.7 Å². The number of hydrogen-bond donors (Lipinski definition) is 2. The predicted octanol–water partition coefficient (Wildman–Crippen LogP) is 5.85. The summed E-state index contributed by atoms with van der Waals surface area (Å²) < 4.78 is 11.3. The van der Waals surface area contributed by atoms with Crippen LogP contribution in [0.2, 0.25) is 0 Å². The molecule has 4 rings (SSSR count). The zero-order chi connectivity index (χ0) is 30.1. The number of anilines is 2. The quantitative estimate of drug-likeness (QED) is 0.234. The molecule has 2 aliphatic rings. The predicted molar refractivity (Wildman–Crippen MR) is 170 cm³/mol. The highest BCUT2D eigenvalue weighted by molar-refractivity contribution is 5.63. The summed E-state index contributed by atoms with van der Waals surface area (Å²) in [6.45, 7) is 1.54. The molecule has 2 aromatic rings. The number of carbonyl (C=O) groups excluding carboxylic acids is 1. The van der Waals surface area contributed by atoms with Gasteiger partial charge < -0.3 is 20.9 Å². The molecule has 0 amide bonds. The molecule has 0 radical (unpaired) electrons. The van der Waals surface area contributed by atoms with Crippen LogP contribution in [0, 0.1) is 23.7 Å². The van der Waals surface area contributed by atoms with Crippen molar-refractivity contribution >= 4 is 17.5 Å². The molecule has 0 aromatic heterocycles. The van der Waals surface area contributed by atoms with Gasteiger partial charge in [0.25, 0.3) is 0 Å². The van der Waals surface area contributed by atoms with Gasteiger partial charge in [-0.3, -0.25) is 9.80 Å². The van der Waals surface area contributed by atoms with Gasteiger partial charge in [0.2, 0.25) is 0 Å². The number of nitrogens with two attached hydrogens (primary N) is 2. The normalized spacial score (nSPS) is 15.4. The summed E-state index contributed by atoms with van der Waals surface area (Å²) >= 11 is 0. The Morgan fingerprint density at radius 3 is 1.45 bits per heavy atom. The van der Waals surface area contributed by atoms with E-state index in [4.69, 9.17) is 20.9 Å². The molecule has 2 fully saturated rings. The number of nitrogens with zero attached hydrogens (tertiary/aromatic N) is 2. The van der Waals surface area contributed by atoms with Crippen LogP contribution in [0.15, 0.2) is 24.3 Å². The second-order valence-electron chi connectivity index (χ2n) is 12.1. The molecule has 7 nitrogen and oxygen atoms in total. The fourth-order valence-electron chi connectivity index (χ4n) is 5.96. The van der Waals surface area contributed by atoms with E-state index in [1.165, 1.54) is 36.8 Å². The van der Waals surface area contributed by atoms with Crippen molar-refractivity contribution in [3.05, 3.63) is 57.6 Å². The van der Waals surface area contributed by atoms with Gasteiger partial charge in [-0.25, -0.2) is 4.79 Å². The minimum Gasteiger partial charge on any atom is -0.429 e. The molecular formula is C35H46N4O3. The van der Waals surface area contributed by atoms with Gasteiger partial charge in [-0.05, 0) is 112 Å². The molecule has 2 saturated carbocycles. The maximum absolute atomic E-state index is 12.8. The third-order valence-corrected chi connectivity index (χ3v) is 8.14. The fourth-order valence-corrected chi connectivity index (χ4v) is 5.96. The Hall–Kier alpha value is -3.65. The van der Waals surface area contributed by atoms with E-state index in [9.17, 15) is 4.79 Å². The molecule has 2 aliphatic carbocycles. The molecule has 0 atom stereocenters. The van der Waals surface area contributed by atoms with Crippen molar-refractivity contribution < 1.29 is 14.3 Å². The number of nitrogen functional groups attached to an aromatic ring is 2. The third-order valence-electron chi connectivity index (χ3n) is 8.14. The standard InChI is InChI=1S/C35H46N4O3/c1-38(2)17-9-15-27-19-31(25-11-5-6-12-25)29(21-33(27)36)23-41-35(40)42-24-30-22-34(37)28(16-10-18-39(3)4)20-32(30)26-13-7-8-14-26/h19-22,25-26H,5-8,11-14,17-18,23-24,36-37H2,1-4H3. The topological polar surface area (TPSA) is 94.0 Å². The molecule has 0 unspecified atom stereocenters. The molecular weight excluding hydrogens is 524 g/mol. The van der Waals surface area contributed by atoms with Crippen molar-refractivity contribution in [2.24, 2.45) is 0 Å². The highest BCUT2D eigenvalue weighted by Crippen LogP contribution is 2.39. The van der Waals surface area contributed by atoms with Gasteiger partial charge >= 0.3 is 6.16 Å². The van der Waals surface area contributed by atoms with E-state index in [0.717, 1.165) is 47.9 Å². The van der Waals surface area contributed by atoms with Crippen molar-refractivity contribution in [1.82, 2.24) is 9.80 Å². The summed E-state index contributed by atoms with van der Waals surface area (Å²) in [5.41, 5.74) is 19.8. The van der Waals surface area contributed by atoms with Crippen molar-refractivity contribution in [2.45, 2.75) is 76.4 Å². The lowest BCUT2D eigenvalue weighted by Gasteiger charge is -2.19. The second-order valence-corrected chi connectivity index (χ2v) is 12.1. The second kappa shape index (κ2) is 15.0. The highest BCUT2D eigenvalue weighted by Gasteiger charge is 2.24. The lowest BCUT2D eigenvalue weighted by molar-refractivity contribution is 0.0442. The van der Waals surface area contributed by atoms with Crippen molar-refractivity contribution in [2.75, 3.05) is 52.7 Å². The Balaban J connectivity index is 1.46. The lowest BCUT2D eigenvalue weighted by Crippen LogP contribution is -2.12. The summed E-state index contributed by atoms with van der Waals surface area (Å²) in [6.07, 6.45) is 8.57. The van der Waals surface area contributed by atoms with E-state index in [0.29, 0.717) is 36.3 Å². The average molecular weight is 571 g/mol. The van der Waals surface area contributed by atoms with Crippen LogP contribution in [0.3, 0.4) is 0 Å². The smallest absolute Gasteiger partial charge is 0.429 e. The molecule has 2 aromatic carbocycles. The van der Waals surface area contributed by atoms with Crippen molar-refractivity contribution in [3.8, 4) is 23.7 Å². The van der Waals surface area contributed by atoms with Crippen LogP contribution in [0.25, 0.3) is 0 Å². The van der Waals surface area contributed by atoms with E-state index in [1.807, 2.05) is 50.1 Å². The largest absolute Gasteiger partial charge is 0.508 e. The van der Waals surface area contributed by atoms with Gasteiger partial charge in [-0.2, -0.15) is 0 Å². The molecule has 4 N–H and O–H groups in total. The van der Waals surface area contributed by atoms with Crippen LogP contribution >= 0.6 is 0 Å². The van der Waals surface area contributed by atoms with Crippen LogP contribution in [-0.4, -0.2) is 57.2 Å². The van der Waals surface area contributed by atoms with E-state index < -0.39 is 6.16 Å². The lowest BCUT2D eigenvalue weighted by atomic mass is 9.90. The Morgan fingerprint density at radius 2 is 1.10 bits per heavy atom. The molecule has 7 heteroatoms. The monoisotopic (exact) mass is 570 g/mol. The third kappa shape index (κ3) is 8.68. The van der Waals surface area contributed by atoms with E-state index >= 15 is 0 Å². The highest BCUT2D eigenvalue weighted by atomic mass is 16.7. The zero-order valence-corrected chi connectivity index (χ0v) is 25.7. The first-order valence-corrected chi connectivity index (χ1v) is 15.1. The Bertz CT molecular complexity index is 1260.